The van der Waals surface area contributed by atoms with Crippen LogP contribution in [0.2, 0.25) is 0 Å². The van der Waals surface area contributed by atoms with Crippen LogP contribution in [0.3, 0.4) is 0 Å². The Morgan fingerprint density at radius 1 is 1.50 bits per heavy atom. The number of imide groups is 1. The summed E-state index contributed by atoms with van der Waals surface area (Å²) < 4.78 is 0.637. The molecule has 1 N–H and O–H groups in total. The van der Waals surface area contributed by atoms with Gasteiger partial charge in [-0.15, -0.1) is 0 Å². The maximum atomic E-state index is 11.8. The first kappa shape index (κ1) is 12.9. The van der Waals surface area contributed by atoms with Crippen molar-refractivity contribution >= 4 is 33.6 Å². The summed E-state index contributed by atoms with van der Waals surface area (Å²) in [5, 5.41) is 2.33. The molecule has 0 saturated carbocycles. The molecule has 0 aromatic carbocycles. The Bertz CT molecular complexity index is 486. The van der Waals surface area contributed by atoms with Gasteiger partial charge in [-0.2, -0.15) is 0 Å². The molecule has 96 valence electrons. The third kappa shape index (κ3) is 2.50. The number of halogens is 1. The highest BCUT2D eigenvalue weighted by molar-refractivity contribution is 9.10. The fourth-order valence-corrected chi connectivity index (χ4v) is 2.44. The largest absolute Gasteiger partial charge is 0.335 e. The minimum Gasteiger partial charge on any atom is -0.335 e. The second kappa shape index (κ2) is 5.01. The summed E-state index contributed by atoms with van der Waals surface area (Å²) in [6.45, 7) is 3.80. The molecule has 1 aliphatic heterocycles. The standard InChI is InChI=1S/C11H13BrN4O2/c1-3-7-11(18)15-10(17)5-16(7)9-4-8(12)13-6(2)14-9/h4,7H,3,5H2,1-2H3,(H,15,17,18). The van der Waals surface area contributed by atoms with Crippen molar-refractivity contribution < 1.29 is 9.59 Å². The molecule has 1 aromatic rings. The molecule has 0 bridgehead atoms. The Balaban J connectivity index is 2.39. The number of nitrogens with one attached hydrogen (secondary N) is 1. The SMILES string of the molecule is CCC1C(=O)NC(=O)CN1c1cc(Br)nc(C)n1. The zero-order chi connectivity index (χ0) is 13.3. The van der Waals surface area contributed by atoms with Crippen LogP contribution in [0.4, 0.5) is 5.82 Å². The molecule has 1 unspecified atom stereocenters. The number of aromatic nitrogens is 2. The Hall–Kier alpha value is -1.50. The van der Waals surface area contributed by atoms with Gasteiger partial charge in [0, 0.05) is 6.07 Å². The van der Waals surface area contributed by atoms with Crippen molar-refractivity contribution in [2.75, 3.05) is 11.4 Å². The van der Waals surface area contributed by atoms with Crippen molar-refractivity contribution in [3.05, 3.63) is 16.5 Å². The highest BCUT2D eigenvalue weighted by Crippen LogP contribution is 2.21. The van der Waals surface area contributed by atoms with Crippen LogP contribution in [0.1, 0.15) is 19.2 Å². The van der Waals surface area contributed by atoms with Gasteiger partial charge in [-0.25, -0.2) is 9.97 Å². The lowest BCUT2D eigenvalue weighted by Gasteiger charge is -2.34. The topological polar surface area (TPSA) is 75.2 Å². The lowest BCUT2D eigenvalue weighted by atomic mass is 10.1. The highest BCUT2D eigenvalue weighted by Gasteiger charge is 2.33. The molecule has 1 aromatic heterocycles. The van der Waals surface area contributed by atoms with E-state index >= 15 is 0 Å². The van der Waals surface area contributed by atoms with Crippen molar-refractivity contribution in [2.45, 2.75) is 26.3 Å². The smallest absolute Gasteiger partial charge is 0.249 e. The number of aryl methyl sites for hydroxylation is 1. The summed E-state index contributed by atoms with van der Waals surface area (Å²) in [5.74, 6) is 0.593. The van der Waals surface area contributed by atoms with E-state index in [0.717, 1.165) is 0 Å². The highest BCUT2D eigenvalue weighted by atomic mass is 79.9. The van der Waals surface area contributed by atoms with Gasteiger partial charge in [-0.1, -0.05) is 6.92 Å². The fourth-order valence-electron chi connectivity index (χ4n) is 1.98. The lowest BCUT2D eigenvalue weighted by Crippen LogP contribution is -2.58. The maximum absolute atomic E-state index is 11.8. The quantitative estimate of drug-likeness (QED) is 0.645. The summed E-state index contributed by atoms with van der Waals surface area (Å²) in [6.07, 6.45) is 0.611. The van der Waals surface area contributed by atoms with Crippen LogP contribution >= 0.6 is 15.9 Å². The third-order valence-electron chi connectivity index (χ3n) is 2.73. The van der Waals surface area contributed by atoms with Gasteiger partial charge in [-0.05, 0) is 29.3 Å². The van der Waals surface area contributed by atoms with Gasteiger partial charge in [0.15, 0.2) is 0 Å². The van der Waals surface area contributed by atoms with Crippen molar-refractivity contribution in [3.63, 3.8) is 0 Å². The number of anilines is 1. The van der Waals surface area contributed by atoms with E-state index in [1.165, 1.54) is 0 Å². The Morgan fingerprint density at radius 2 is 2.22 bits per heavy atom. The molecule has 2 heterocycles. The normalized spacial score (nSPS) is 19.9. The lowest BCUT2D eigenvalue weighted by molar-refractivity contribution is -0.132. The molecule has 6 nitrogen and oxygen atoms in total. The zero-order valence-electron chi connectivity index (χ0n) is 10.1. The Labute approximate surface area is 113 Å². The molecule has 18 heavy (non-hydrogen) atoms. The molecule has 2 rings (SSSR count). The van der Waals surface area contributed by atoms with Crippen LogP contribution in [0.25, 0.3) is 0 Å². The molecule has 1 saturated heterocycles. The van der Waals surface area contributed by atoms with Gasteiger partial charge < -0.3 is 4.90 Å². The van der Waals surface area contributed by atoms with Gasteiger partial charge in [0.25, 0.3) is 0 Å². The van der Waals surface area contributed by atoms with Crippen molar-refractivity contribution in [3.8, 4) is 0 Å². The molecular weight excluding hydrogens is 300 g/mol. The average Bonchev–Trinajstić information content (AvgIpc) is 2.26. The Morgan fingerprint density at radius 3 is 2.83 bits per heavy atom. The van der Waals surface area contributed by atoms with Gasteiger partial charge in [0.05, 0.1) is 6.54 Å². The molecule has 0 aliphatic carbocycles. The molecule has 0 spiro atoms. The number of piperazine rings is 1. The van der Waals surface area contributed by atoms with Crippen molar-refractivity contribution in [1.82, 2.24) is 15.3 Å². The van der Waals surface area contributed by atoms with Gasteiger partial charge >= 0.3 is 0 Å². The summed E-state index contributed by atoms with van der Waals surface area (Å²) in [6, 6.07) is 1.34. The predicted octanol–water partition coefficient (Wildman–Crippen LogP) is 0.789. The van der Waals surface area contributed by atoms with E-state index in [2.05, 4.69) is 31.2 Å². The molecule has 7 heteroatoms. The minimum absolute atomic E-state index is 0.132. The van der Waals surface area contributed by atoms with E-state index in [1.807, 2.05) is 6.92 Å². The monoisotopic (exact) mass is 312 g/mol. The summed E-state index contributed by atoms with van der Waals surface area (Å²) in [7, 11) is 0. The Kier molecular flexibility index (Phi) is 3.60. The van der Waals surface area contributed by atoms with Crippen LogP contribution in [-0.4, -0.2) is 34.4 Å². The first-order chi connectivity index (χ1) is 8.51. The maximum Gasteiger partial charge on any atom is 0.249 e. The number of carbonyl (C=O) groups is 2. The molecule has 1 aliphatic rings. The van der Waals surface area contributed by atoms with E-state index in [-0.39, 0.29) is 24.4 Å². The van der Waals surface area contributed by atoms with Crippen LogP contribution in [0.5, 0.6) is 0 Å². The number of amides is 2. The van der Waals surface area contributed by atoms with Gasteiger partial charge in [-0.3, -0.25) is 14.9 Å². The summed E-state index contributed by atoms with van der Waals surface area (Å²) in [5.41, 5.74) is 0. The minimum atomic E-state index is -0.371. The van der Waals surface area contributed by atoms with E-state index in [4.69, 9.17) is 0 Å². The van der Waals surface area contributed by atoms with E-state index in [0.29, 0.717) is 22.7 Å². The summed E-state index contributed by atoms with van der Waals surface area (Å²) in [4.78, 5) is 33.3. The fraction of sp³-hybridized carbons (Fsp3) is 0.455. The van der Waals surface area contributed by atoms with E-state index in [9.17, 15) is 9.59 Å². The molecule has 2 amide bonds. The van der Waals surface area contributed by atoms with Crippen molar-refractivity contribution in [1.29, 1.82) is 0 Å². The van der Waals surface area contributed by atoms with Crippen LogP contribution in [-0.2, 0) is 9.59 Å². The number of hydrogen-bond acceptors (Lipinski definition) is 5. The average molecular weight is 313 g/mol. The molecule has 1 fully saturated rings. The second-order valence-electron chi connectivity index (χ2n) is 4.06. The number of nitrogens with zero attached hydrogens (tertiary/aromatic N) is 3. The van der Waals surface area contributed by atoms with Crippen molar-refractivity contribution in [2.24, 2.45) is 0 Å². The number of hydrogen-bond donors (Lipinski definition) is 1. The molecule has 0 radical (unpaired) electrons. The third-order valence-corrected chi connectivity index (χ3v) is 3.14. The van der Waals surface area contributed by atoms with E-state index < -0.39 is 0 Å². The first-order valence-corrected chi connectivity index (χ1v) is 6.42. The second-order valence-corrected chi connectivity index (χ2v) is 4.87. The van der Waals surface area contributed by atoms with Crippen LogP contribution < -0.4 is 10.2 Å². The van der Waals surface area contributed by atoms with Gasteiger partial charge in [0.1, 0.15) is 22.3 Å². The van der Waals surface area contributed by atoms with Crippen LogP contribution in [0.15, 0.2) is 10.7 Å². The van der Waals surface area contributed by atoms with Crippen LogP contribution in [0, 0.1) is 6.92 Å². The molecular formula is C11H13BrN4O2. The zero-order valence-corrected chi connectivity index (χ0v) is 11.7. The first-order valence-electron chi connectivity index (χ1n) is 5.62. The number of carbonyl (C=O) groups excluding carboxylic acids is 2. The summed E-state index contributed by atoms with van der Waals surface area (Å²) >= 11 is 3.29. The molecule has 1 atom stereocenters. The predicted molar refractivity (Wildman–Crippen MR) is 69.0 cm³/mol. The number of rotatable bonds is 2. The van der Waals surface area contributed by atoms with Gasteiger partial charge in [0.2, 0.25) is 11.8 Å². The van der Waals surface area contributed by atoms with E-state index in [1.54, 1.807) is 17.9 Å².